The van der Waals surface area contributed by atoms with Crippen molar-refractivity contribution >= 4 is 11.6 Å². The van der Waals surface area contributed by atoms with Gasteiger partial charge < -0.3 is 15.3 Å². The molecule has 1 aromatic heterocycles. The van der Waals surface area contributed by atoms with E-state index in [9.17, 15) is 18.3 Å². The fraction of sp³-hybridized carbons (Fsp3) is 0.583. The molecule has 1 atom stereocenters. The number of hydrogen-bond donors (Lipinski definition) is 2. The van der Waals surface area contributed by atoms with Gasteiger partial charge in [-0.2, -0.15) is 13.2 Å². The van der Waals surface area contributed by atoms with Crippen molar-refractivity contribution in [2.45, 2.75) is 25.6 Å². The second-order valence-corrected chi connectivity index (χ2v) is 4.41. The van der Waals surface area contributed by atoms with E-state index in [0.29, 0.717) is 13.0 Å². The summed E-state index contributed by atoms with van der Waals surface area (Å²) in [4.78, 5) is 5.66. The van der Waals surface area contributed by atoms with Crippen LogP contribution in [0.2, 0.25) is 0 Å². The second kappa shape index (κ2) is 6.10. The lowest BCUT2D eigenvalue weighted by Crippen LogP contribution is -2.23. The minimum Gasteiger partial charge on any atom is -0.393 e. The SMILES string of the molecule is CNc1cc(C(F)(F)F)cc(N(C)CCC(C)O)n1. The van der Waals surface area contributed by atoms with E-state index in [4.69, 9.17) is 0 Å². The highest BCUT2D eigenvalue weighted by Gasteiger charge is 2.32. The van der Waals surface area contributed by atoms with Crippen molar-refractivity contribution in [3.63, 3.8) is 0 Å². The van der Waals surface area contributed by atoms with Crippen molar-refractivity contribution in [2.24, 2.45) is 0 Å². The van der Waals surface area contributed by atoms with E-state index in [0.717, 1.165) is 12.1 Å². The van der Waals surface area contributed by atoms with Gasteiger partial charge in [0.05, 0.1) is 11.7 Å². The van der Waals surface area contributed by atoms with Gasteiger partial charge in [-0.05, 0) is 25.5 Å². The first-order valence-electron chi connectivity index (χ1n) is 5.90. The number of rotatable bonds is 5. The lowest BCUT2D eigenvalue weighted by Gasteiger charge is -2.21. The van der Waals surface area contributed by atoms with E-state index in [1.807, 2.05) is 0 Å². The third-order valence-electron chi connectivity index (χ3n) is 2.67. The molecule has 0 amide bonds. The van der Waals surface area contributed by atoms with Crippen molar-refractivity contribution < 1.29 is 18.3 Å². The Kier molecular flexibility index (Phi) is 4.99. The highest BCUT2D eigenvalue weighted by Crippen LogP contribution is 2.32. The van der Waals surface area contributed by atoms with E-state index in [1.54, 1.807) is 18.9 Å². The minimum atomic E-state index is -4.41. The highest BCUT2D eigenvalue weighted by atomic mass is 19.4. The number of halogens is 3. The molecule has 0 radical (unpaired) electrons. The van der Waals surface area contributed by atoms with Crippen LogP contribution in [0.25, 0.3) is 0 Å². The maximum Gasteiger partial charge on any atom is 0.416 e. The molecule has 1 unspecified atom stereocenters. The Morgan fingerprint density at radius 1 is 1.42 bits per heavy atom. The first kappa shape index (κ1) is 15.6. The van der Waals surface area contributed by atoms with Gasteiger partial charge >= 0.3 is 6.18 Å². The van der Waals surface area contributed by atoms with Crippen LogP contribution in [0, 0.1) is 0 Å². The van der Waals surface area contributed by atoms with Gasteiger partial charge in [-0.25, -0.2) is 4.98 Å². The number of nitrogens with one attached hydrogen (secondary N) is 1. The van der Waals surface area contributed by atoms with Crippen molar-refractivity contribution in [3.8, 4) is 0 Å². The summed E-state index contributed by atoms with van der Waals surface area (Å²) in [5.41, 5.74) is -0.745. The Morgan fingerprint density at radius 3 is 2.53 bits per heavy atom. The van der Waals surface area contributed by atoms with Gasteiger partial charge in [0.15, 0.2) is 0 Å². The summed E-state index contributed by atoms with van der Waals surface area (Å²) in [6, 6.07) is 1.97. The molecule has 2 N–H and O–H groups in total. The second-order valence-electron chi connectivity index (χ2n) is 4.41. The Hall–Kier alpha value is -1.50. The summed E-state index contributed by atoms with van der Waals surface area (Å²) in [5, 5.41) is 11.8. The molecule has 108 valence electrons. The molecule has 0 aromatic carbocycles. The monoisotopic (exact) mass is 277 g/mol. The van der Waals surface area contributed by atoms with Crippen LogP contribution in [-0.4, -0.2) is 36.8 Å². The van der Waals surface area contributed by atoms with Gasteiger partial charge in [-0.3, -0.25) is 0 Å². The quantitative estimate of drug-likeness (QED) is 0.867. The van der Waals surface area contributed by atoms with Crippen LogP contribution < -0.4 is 10.2 Å². The third-order valence-corrected chi connectivity index (χ3v) is 2.67. The molecule has 0 aliphatic carbocycles. The lowest BCUT2D eigenvalue weighted by molar-refractivity contribution is -0.137. The summed E-state index contributed by atoms with van der Waals surface area (Å²) >= 11 is 0. The zero-order valence-electron chi connectivity index (χ0n) is 11.1. The molecular weight excluding hydrogens is 259 g/mol. The maximum atomic E-state index is 12.7. The molecule has 0 spiro atoms. The lowest BCUT2D eigenvalue weighted by atomic mass is 10.2. The Labute approximate surface area is 110 Å². The topological polar surface area (TPSA) is 48.4 Å². The predicted molar refractivity (Wildman–Crippen MR) is 68.4 cm³/mol. The zero-order valence-corrected chi connectivity index (χ0v) is 11.1. The first-order valence-corrected chi connectivity index (χ1v) is 5.90. The van der Waals surface area contributed by atoms with Crippen LogP contribution in [0.4, 0.5) is 24.8 Å². The smallest absolute Gasteiger partial charge is 0.393 e. The largest absolute Gasteiger partial charge is 0.416 e. The molecule has 19 heavy (non-hydrogen) atoms. The summed E-state index contributed by atoms with van der Waals surface area (Å²) < 4.78 is 38.2. The van der Waals surface area contributed by atoms with E-state index in [2.05, 4.69) is 10.3 Å². The number of aromatic nitrogens is 1. The van der Waals surface area contributed by atoms with Crippen molar-refractivity contribution in [2.75, 3.05) is 30.9 Å². The molecule has 0 saturated heterocycles. The van der Waals surface area contributed by atoms with E-state index in [1.165, 1.54) is 7.05 Å². The molecule has 0 bridgehead atoms. The van der Waals surface area contributed by atoms with Crippen LogP contribution in [0.15, 0.2) is 12.1 Å². The summed E-state index contributed by atoms with van der Waals surface area (Å²) in [5.74, 6) is 0.383. The highest BCUT2D eigenvalue weighted by molar-refractivity contribution is 5.50. The Bertz CT molecular complexity index is 421. The third kappa shape index (κ3) is 4.59. The van der Waals surface area contributed by atoms with Crippen LogP contribution in [0.3, 0.4) is 0 Å². The average molecular weight is 277 g/mol. The molecule has 1 heterocycles. The zero-order chi connectivity index (χ0) is 14.6. The van der Waals surface area contributed by atoms with Crippen LogP contribution in [-0.2, 0) is 6.18 Å². The van der Waals surface area contributed by atoms with Crippen LogP contribution in [0.5, 0.6) is 0 Å². The molecule has 7 heteroatoms. The van der Waals surface area contributed by atoms with Gasteiger partial charge in [-0.15, -0.1) is 0 Å². The van der Waals surface area contributed by atoms with Crippen molar-refractivity contribution in [1.82, 2.24) is 4.98 Å². The van der Waals surface area contributed by atoms with Crippen LogP contribution in [0.1, 0.15) is 18.9 Å². The van der Waals surface area contributed by atoms with Crippen molar-refractivity contribution in [3.05, 3.63) is 17.7 Å². The van der Waals surface area contributed by atoms with Crippen LogP contribution >= 0.6 is 0 Å². The number of pyridine rings is 1. The summed E-state index contributed by atoms with van der Waals surface area (Å²) in [7, 11) is 3.16. The molecule has 4 nitrogen and oxygen atoms in total. The number of aliphatic hydroxyl groups excluding tert-OH is 1. The Balaban J connectivity index is 2.99. The standard InChI is InChI=1S/C12H18F3N3O/c1-8(19)4-5-18(3)11-7-9(12(13,14)15)6-10(16-2)17-11/h6-8,19H,4-5H2,1-3H3,(H,16,17). The number of hydrogen-bond acceptors (Lipinski definition) is 4. The fourth-order valence-electron chi connectivity index (χ4n) is 1.50. The van der Waals surface area contributed by atoms with E-state index < -0.39 is 17.8 Å². The van der Waals surface area contributed by atoms with Gasteiger partial charge in [0.25, 0.3) is 0 Å². The normalized spacial score (nSPS) is 13.2. The summed E-state index contributed by atoms with van der Waals surface area (Å²) in [6.07, 6.45) is -4.45. The average Bonchev–Trinajstić information content (AvgIpc) is 2.34. The maximum absolute atomic E-state index is 12.7. The van der Waals surface area contributed by atoms with E-state index in [-0.39, 0.29) is 11.6 Å². The Morgan fingerprint density at radius 2 is 2.05 bits per heavy atom. The van der Waals surface area contributed by atoms with Gasteiger partial charge in [-0.1, -0.05) is 0 Å². The van der Waals surface area contributed by atoms with Crippen molar-refractivity contribution in [1.29, 1.82) is 0 Å². The van der Waals surface area contributed by atoms with Gasteiger partial charge in [0.2, 0.25) is 0 Å². The molecule has 0 saturated carbocycles. The fourth-order valence-corrected chi connectivity index (χ4v) is 1.50. The molecule has 0 fully saturated rings. The number of nitrogens with zero attached hydrogens (tertiary/aromatic N) is 2. The molecule has 1 rings (SSSR count). The molecule has 0 aliphatic rings. The van der Waals surface area contributed by atoms with E-state index >= 15 is 0 Å². The molecule has 0 aliphatic heterocycles. The first-order chi connectivity index (χ1) is 8.74. The van der Waals surface area contributed by atoms with Gasteiger partial charge in [0, 0.05) is 20.6 Å². The molecule has 1 aromatic rings. The predicted octanol–water partition coefficient (Wildman–Crippen LogP) is 2.35. The number of alkyl halides is 3. The molecular formula is C12H18F3N3O. The number of aliphatic hydroxyl groups is 1. The summed E-state index contributed by atoms with van der Waals surface area (Å²) in [6.45, 7) is 2.06. The van der Waals surface area contributed by atoms with Gasteiger partial charge in [0.1, 0.15) is 11.6 Å². The minimum absolute atomic E-state index is 0.161. The number of anilines is 2.